The largest absolute Gasteiger partial charge is 0.497 e. The third-order valence-corrected chi connectivity index (χ3v) is 4.89. The zero-order valence-corrected chi connectivity index (χ0v) is 15.3. The number of carbonyl (C=O) groups excluding carboxylic acids is 2. The molecule has 2 N–H and O–H groups in total. The summed E-state index contributed by atoms with van der Waals surface area (Å²) in [7, 11) is 1.60. The van der Waals surface area contributed by atoms with Crippen molar-refractivity contribution in [2.24, 2.45) is 11.8 Å². The molecule has 140 valence electrons. The predicted octanol–water partition coefficient (Wildman–Crippen LogP) is 2.54. The van der Waals surface area contributed by atoms with Gasteiger partial charge in [0.15, 0.2) is 0 Å². The van der Waals surface area contributed by atoms with E-state index < -0.39 is 5.92 Å². The van der Waals surface area contributed by atoms with Crippen LogP contribution in [0.15, 0.2) is 24.3 Å². The molecule has 0 aliphatic heterocycles. The first-order valence-corrected chi connectivity index (χ1v) is 9.19. The summed E-state index contributed by atoms with van der Waals surface area (Å²) in [6.07, 6.45) is 6.22. The van der Waals surface area contributed by atoms with Gasteiger partial charge in [-0.15, -0.1) is 0 Å². The van der Waals surface area contributed by atoms with Crippen molar-refractivity contribution in [1.82, 2.24) is 10.6 Å². The molecule has 6 nitrogen and oxygen atoms in total. The average Bonchev–Trinajstić information content (AvgIpc) is 2.69. The lowest BCUT2D eigenvalue weighted by Gasteiger charge is -2.25. The minimum Gasteiger partial charge on any atom is -0.497 e. The fourth-order valence-corrected chi connectivity index (χ4v) is 3.39. The lowest BCUT2D eigenvalue weighted by atomic mass is 9.82. The summed E-state index contributed by atoms with van der Waals surface area (Å²) in [5, 5.41) is 14.1. The zero-order chi connectivity index (χ0) is 18.8. The minimum absolute atomic E-state index is 0.0776. The highest BCUT2D eigenvalue weighted by atomic mass is 16.5. The number of hydrogen-bond donors (Lipinski definition) is 2. The third kappa shape index (κ3) is 6.07. The molecule has 0 bridgehead atoms. The number of ether oxygens (including phenoxy) is 1. The molecular formula is C20H27N3O3. The van der Waals surface area contributed by atoms with E-state index in [2.05, 4.69) is 10.6 Å². The molecule has 26 heavy (non-hydrogen) atoms. The fourth-order valence-electron chi connectivity index (χ4n) is 3.39. The first-order chi connectivity index (χ1) is 12.6. The molecule has 1 aliphatic carbocycles. The maximum absolute atomic E-state index is 12.6. The van der Waals surface area contributed by atoms with E-state index in [0.717, 1.165) is 37.0 Å². The Balaban J connectivity index is 1.96. The number of methoxy groups -OCH3 is 1. The number of nitrogens with zero attached hydrogens (tertiary/aromatic N) is 1. The molecule has 0 heterocycles. The molecule has 1 aliphatic rings. The van der Waals surface area contributed by atoms with Gasteiger partial charge < -0.3 is 15.4 Å². The third-order valence-electron chi connectivity index (χ3n) is 4.89. The standard InChI is InChI=1S/C20H27N3O3/c1-26-17-9-7-16(8-10-17)14-23-20(25)18(19(24)22-12-11-21)13-15-5-3-2-4-6-15/h7-10,15,18H,2-6,12-14H2,1H3,(H,22,24)(H,23,25). The lowest BCUT2D eigenvalue weighted by Crippen LogP contribution is -2.42. The van der Waals surface area contributed by atoms with Crippen molar-refractivity contribution >= 4 is 11.8 Å². The Morgan fingerprint density at radius 3 is 2.42 bits per heavy atom. The molecule has 1 saturated carbocycles. The first kappa shape index (κ1) is 19.8. The van der Waals surface area contributed by atoms with Crippen LogP contribution < -0.4 is 15.4 Å². The summed E-state index contributed by atoms with van der Waals surface area (Å²) in [6.45, 7) is 0.279. The highest BCUT2D eigenvalue weighted by Gasteiger charge is 2.30. The topological polar surface area (TPSA) is 91.2 Å². The molecule has 0 radical (unpaired) electrons. The predicted molar refractivity (Wildman–Crippen MR) is 98.1 cm³/mol. The number of nitriles is 1. The number of rotatable bonds is 8. The van der Waals surface area contributed by atoms with Crippen LogP contribution in [0.25, 0.3) is 0 Å². The maximum atomic E-state index is 12.6. The van der Waals surface area contributed by atoms with Crippen LogP contribution in [-0.2, 0) is 16.1 Å². The quantitative estimate of drug-likeness (QED) is 0.552. The van der Waals surface area contributed by atoms with E-state index in [4.69, 9.17) is 10.00 Å². The van der Waals surface area contributed by atoms with Gasteiger partial charge in [-0.25, -0.2) is 0 Å². The molecule has 0 saturated heterocycles. The molecule has 2 rings (SSSR count). The van der Waals surface area contributed by atoms with Gasteiger partial charge in [-0.1, -0.05) is 44.2 Å². The molecule has 2 amide bonds. The van der Waals surface area contributed by atoms with Gasteiger partial charge in [-0.05, 0) is 30.0 Å². The summed E-state index contributed by atoms with van der Waals surface area (Å²) in [5.74, 6) is -0.227. The van der Waals surface area contributed by atoms with E-state index in [1.54, 1.807) is 7.11 Å². The Bertz CT molecular complexity index is 631. The molecule has 1 unspecified atom stereocenters. The van der Waals surface area contributed by atoms with Gasteiger partial charge >= 0.3 is 0 Å². The summed E-state index contributed by atoms with van der Waals surface area (Å²) in [4.78, 5) is 25.0. The fraction of sp³-hybridized carbons (Fsp3) is 0.550. The Labute approximate surface area is 154 Å². The van der Waals surface area contributed by atoms with Crippen LogP contribution in [0.3, 0.4) is 0 Å². The van der Waals surface area contributed by atoms with Crippen molar-refractivity contribution in [2.75, 3.05) is 13.7 Å². The van der Waals surface area contributed by atoms with Crippen molar-refractivity contribution in [3.63, 3.8) is 0 Å². The SMILES string of the molecule is COc1ccc(CNC(=O)C(CC2CCCCC2)C(=O)NCC#N)cc1. The van der Waals surface area contributed by atoms with Crippen LogP contribution >= 0.6 is 0 Å². The van der Waals surface area contributed by atoms with Crippen LogP contribution in [0.1, 0.15) is 44.1 Å². The number of carbonyl (C=O) groups is 2. The molecule has 1 aromatic carbocycles. The average molecular weight is 357 g/mol. The number of benzene rings is 1. The normalized spacial score (nSPS) is 15.5. The van der Waals surface area contributed by atoms with E-state index in [-0.39, 0.29) is 18.4 Å². The minimum atomic E-state index is -0.746. The van der Waals surface area contributed by atoms with E-state index >= 15 is 0 Å². The highest BCUT2D eigenvalue weighted by Crippen LogP contribution is 2.29. The van der Waals surface area contributed by atoms with Crippen molar-refractivity contribution < 1.29 is 14.3 Å². The van der Waals surface area contributed by atoms with Crippen LogP contribution in [-0.4, -0.2) is 25.5 Å². The van der Waals surface area contributed by atoms with Crippen molar-refractivity contribution in [3.05, 3.63) is 29.8 Å². The van der Waals surface area contributed by atoms with Gasteiger partial charge in [0.1, 0.15) is 18.2 Å². The van der Waals surface area contributed by atoms with Gasteiger partial charge in [0, 0.05) is 6.54 Å². The Morgan fingerprint density at radius 1 is 1.15 bits per heavy atom. The summed E-state index contributed by atoms with van der Waals surface area (Å²) in [6, 6.07) is 9.32. The van der Waals surface area contributed by atoms with Crippen LogP contribution in [0.5, 0.6) is 5.75 Å². The Kier molecular flexibility index (Phi) is 7.94. The van der Waals surface area contributed by atoms with E-state index in [0.29, 0.717) is 18.9 Å². The summed E-state index contributed by atoms with van der Waals surface area (Å²) >= 11 is 0. The summed E-state index contributed by atoms with van der Waals surface area (Å²) < 4.78 is 5.12. The van der Waals surface area contributed by atoms with E-state index in [1.807, 2.05) is 30.3 Å². The smallest absolute Gasteiger partial charge is 0.233 e. The molecule has 0 spiro atoms. The van der Waals surface area contributed by atoms with Gasteiger partial charge in [0.2, 0.25) is 11.8 Å². The van der Waals surface area contributed by atoms with Gasteiger partial charge in [-0.2, -0.15) is 5.26 Å². The van der Waals surface area contributed by atoms with Gasteiger partial charge in [0.05, 0.1) is 13.2 Å². The molecule has 1 fully saturated rings. The summed E-state index contributed by atoms with van der Waals surface area (Å²) in [5.41, 5.74) is 0.938. The molecule has 1 aromatic rings. The monoisotopic (exact) mass is 357 g/mol. The Hall–Kier alpha value is -2.55. The second-order valence-corrected chi connectivity index (χ2v) is 6.73. The van der Waals surface area contributed by atoms with Gasteiger partial charge in [-0.3, -0.25) is 9.59 Å². The van der Waals surface area contributed by atoms with Crippen molar-refractivity contribution in [1.29, 1.82) is 5.26 Å². The van der Waals surface area contributed by atoms with Crippen LogP contribution in [0, 0.1) is 23.2 Å². The Morgan fingerprint density at radius 2 is 1.81 bits per heavy atom. The van der Waals surface area contributed by atoms with E-state index in [9.17, 15) is 9.59 Å². The van der Waals surface area contributed by atoms with Crippen LogP contribution in [0.4, 0.5) is 0 Å². The van der Waals surface area contributed by atoms with E-state index in [1.165, 1.54) is 6.42 Å². The number of hydrogen-bond acceptors (Lipinski definition) is 4. The number of nitrogens with one attached hydrogen (secondary N) is 2. The molecule has 1 atom stereocenters. The van der Waals surface area contributed by atoms with Crippen molar-refractivity contribution in [3.8, 4) is 11.8 Å². The highest BCUT2D eigenvalue weighted by molar-refractivity contribution is 6.00. The lowest BCUT2D eigenvalue weighted by molar-refractivity contribution is -0.136. The van der Waals surface area contributed by atoms with Gasteiger partial charge in [0.25, 0.3) is 0 Å². The zero-order valence-electron chi connectivity index (χ0n) is 15.3. The molecular weight excluding hydrogens is 330 g/mol. The number of amides is 2. The molecule has 0 aromatic heterocycles. The second kappa shape index (κ2) is 10.4. The van der Waals surface area contributed by atoms with Crippen molar-refractivity contribution in [2.45, 2.75) is 45.1 Å². The maximum Gasteiger partial charge on any atom is 0.233 e. The first-order valence-electron chi connectivity index (χ1n) is 9.19. The second-order valence-electron chi connectivity index (χ2n) is 6.73. The molecule has 6 heteroatoms. The van der Waals surface area contributed by atoms with Crippen LogP contribution in [0.2, 0.25) is 0 Å².